The van der Waals surface area contributed by atoms with Gasteiger partial charge in [0, 0.05) is 13.0 Å². The number of hydrogen-bond acceptors (Lipinski definition) is 4. The fourth-order valence-corrected chi connectivity index (χ4v) is 2.51. The first-order valence-corrected chi connectivity index (χ1v) is 7.83. The molecule has 122 valence electrons. The van der Waals surface area contributed by atoms with E-state index in [0.29, 0.717) is 18.9 Å². The second-order valence-corrected chi connectivity index (χ2v) is 5.39. The first kappa shape index (κ1) is 16.0. The molecule has 5 nitrogen and oxygen atoms in total. The predicted octanol–water partition coefficient (Wildman–Crippen LogP) is 2.70. The van der Waals surface area contributed by atoms with Gasteiger partial charge in [-0.25, -0.2) is 4.98 Å². The summed E-state index contributed by atoms with van der Waals surface area (Å²) in [6, 6.07) is 19.4. The Morgan fingerprint density at radius 2 is 1.62 bits per heavy atom. The third-order valence-corrected chi connectivity index (χ3v) is 3.68. The van der Waals surface area contributed by atoms with Gasteiger partial charge < -0.3 is 15.5 Å². The molecule has 3 rings (SSSR count). The quantitative estimate of drug-likeness (QED) is 0.731. The molecule has 0 spiro atoms. The highest BCUT2D eigenvalue weighted by molar-refractivity contribution is 5.92. The minimum atomic E-state index is -0.278. The minimum absolute atomic E-state index is 0.255. The summed E-state index contributed by atoms with van der Waals surface area (Å²) in [5.41, 5.74) is 7.74. The molecule has 3 N–H and O–H groups in total. The van der Waals surface area contributed by atoms with Crippen LogP contribution in [0.5, 0.6) is 0 Å². The average Bonchev–Trinajstić information content (AvgIpc) is 3.10. The molecule has 2 aromatic carbocycles. The Labute approximate surface area is 140 Å². The fourth-order valence-electron chi connectivity index (χ4n) is 2.51. The van der Waals surface area contributed by atoms with Gasteiger partial charge in [-0.1, -0.05) is 60.7 Å². The number of hydrogen-bond donors (Lipinski definition) is 2. The van der Waals surface area contributed by atoms with Crippen molar-refractivity contribution in [3.8, 4) is 0 Å². The first-order chi connectivity index (χ1) is 11.8. The summed E-state index contributed by atoms with van der Waals surface area (Å²) in [5.74, 6) is 0.193. The lowest BCUT2D eigenvalue weighted by atomic mass is 9.98. The number of nitrogens with zero attached hydrogens (tertiary/aromatic N) is 1. The lowest BCUT2D eigenvalue weighted by Gasteiger charge is -2.19. The van der Waals surface area contributed by atoms with Gasteiger partial charge in [-0.15, -0.1) is 0 Å². The maximum Gasteiger partial charge on any atom is 0.273 e. The Kier molecular flexibility index (Phi) is 5.03. The van der Waals surface area contributed by atoms with Crippen molar-refractivity contribution in [2.24, 2.45) is 5.73 Å². The van der Waals surface area contributed by atoms with Gasteiger partial charge in [-0.05, 0) is 11.1 Å². The third kappa shape index (κ3) is 3.70. The molecule has 0 unspecified atom stereocenters. The molecule has 0 bridgehead atoms. The highest BCUT2D eigenvalue weighted by atomic mass is 16.3. The van der Waals surface area contributed by atoms with Gasteiger partial charge in [0.2, 0.25) is 0 Å². The number of amides is 1. The highest BCUT2D eigenvalue weighted by Gasteiger charge is 2.19. The molecule has 0 saturated carbocycles. The van der Waals surface area contributed by atoms with Crippen molar-refractivity contribution >= 4 is 5.91 Å². The highest BCUT2D eigenvalue weighted by Crippen LogP contribution is 2.22. The molecule has 1 aromatic heterocycles. The lowest BCUT2D eigenvalue weighted by Crippen LogP contribution is -2.29. The van der Waals surface area contributed by atoms with Crippen LogP contribution in [0.15, 0.2) is 71.3 Å². The molecule has 3 aromatic rings. The van der Waals surface area contributed by atoms with E-state index >= 15 is 0 Å². The summed E-state index contributed by atoms with van der Waals surface area (Å²) in [6.45, 7) is 0.429. The zero-order chi connectivity index (χ0) is 16.8. The van der Waals surface area contributed by atoms with Crippen molar-refractivity contribution in [3.63, 3.8) is 0 Å². The van der Waals surface area contributed by atoms with E-state index in [1.54, 1.807) is 0 Å². The zero-order valence-electron chi connectivity index (χ0n) is 13.2. The summed E-state index contributed by atoms with van der Waals surface area (Å²) < 4.78 is 5.27. The topological polar surface area (TPSA) is 81.1 Å². The molecule has 0 aliphatic rings. The van der Waals surface area contributed by atoms with E-state index in [2.05, 4.69) is 10.3 Å². The third-order valence-electron chi connectivity index (χ3n) is 3.68. The largest absolute Gasteiger partial charge is 0.448 e. The Bertz CT molecular complexity index is 745. The van der Waals surface area contributed by atoms with Gasteiger partial charge >= 0.3 is 0 Å². The lowest BCUT2D eigenvalue weighted by molar-refractivity contribution is 0.0938. The van der Waals surface area contributed by atoms with Gasteiger partial charge in [-0.2, -0.15) is 0 Å². The number of nitrogens with one attached hydrogen (secondary N) is 1. The van der Waals surface area contributed by atoms with Crippen LogP contribution in [-0.2, 0) is 6.42 Å². The van der Waals surface area contributed by atoms with E-state index in [-0.39, 0.29) is 17.6 Å². The van der Waals surface area contributed by atoms with E-state index in [0.717, 1.165) is 11.1 Å². The molecule has 0 aliphatic carbocycles. The molecule has 0 radical (unpaired) electrons. The number of carbonyl (C=O) groups is 1. The number of oxazole rings is 1. The minimum Gasteiger partial charge on any atom is -0.448 e. The summed E-state index contributed by atoms with van der Waals surface area (Å²) >= 11 is 0. The maximum atomic E-state index is 12.6. The van der Waals surface area contributed by atoms with Crippen molar-refractivity contribution < 1.29 is 9.21 Å². The Morgan fingerprint density at radius 3 is 2.17 bits per heavy atom. The van der Waals surface area contributed by atoms with Crippen molar-refractivity contribution in [3.05, 3.63) is 89.6 Å². The normalized spacial score (nSPS) is 10.8. The molecular weight excluding hydrogens is 302 g/mol. The van der Waals surface area contributed by atoms with Gasteiger partial charge in [0.1, 0.15) is 6.26 Å². The van der Waals surface area contributed by atoms with Crippen LogP contribution in [0.2, 0.25) is 0 Å². The van der Waals surface area contributed by atoms with E-state index < -0.39 is 0 Å². The molecule has 1 heterocycles. The van der Waals surface area contributed by atoms with Crippen molar-refractivity contribution in [1.29, 1.82) is 0 Å². The Morgan fingerprint density at radius 1 is 1.04 bits per heavy atom. The second kappa shape index (κ2) is 7.57. The number of nitrogens with two attached hydrogens (primary N) is 1. The number of rotatable bonds is 6. The standard InChI is InChI=1S/C19H19N3O2/c20-12-11-17-21-16(13-24-17)19(23)22-18(14-7-3-1-4-8-14)15-9-5-2-6-10-15/h1-10,13,18H,11-12,20H2,(H,22,23). The van der Waals surface area contributed by atoms with Gasteiger partial charge in [0.25, 0.3) is 5.91 Å². The maximum absolute atomic E-state index is 12.6. The van der Waals surface area contributed by atoms with Crippen molar-refractivity contribution in [1.82, 2.24) is 10.3 Å². The van der Waals surface area contributed by atoms with E-state index in [9.17, 15) is 4.79 Å². The molecular formula is C19H19N3O2. The first-order valence-electron chi connectivity index (χ1n) is 7.83. The Hall–Kier alpha value is -2.92. The molecule has 0 saturated heterocycles. The smallest absolute Gasteiger partial charge is 0.273 e. The van der Waals surface area contributed by atoms with Gasteiger partial charge in [0.05, 0.1) is 6.04 Å². The molecule has 1 amide bonds. The van der Waals surface area contributed by atoms with E-state index in [1.807, 2.05) is 60.7 Å². The summed E-state index contributed by atoms with van der Waals surface area (Å²) in [5, 5.41) is 3.03. The number of carbonyl (C=O) groups excluding carboxylic acids is 1. The second-order valence-electron chi connectivity index (χ2n) is 5.39. The van der Waals surface area contributed by atoms with Gasteiger partial charge in [-0.3, -0.25) is 4.79 Å². The average molecular weight is 321 g/mol. The van der Waals surface area contributed by atoms with Crippen LogP contribution in [0.25, 0.3) is 0 Å². The van der Waals surface area contributed by atoms with Crippen molar-refractivity contribution in [2.75, 3.05) is 6.54 Å². The molecule has 0 aliphatic heterocycles. The summed E-state index contributed by atoms with van der Waals surface area (Å²) in [6.07, 6.45) is 1.88. The van der Waals surface area contributed by atoms with Crippen LogP contribution in [-0.4, -0.2) is 17.4 Å². The van der Waals surface area contributed by atoms with Crippen LogP contribution in [0.4, 0.5) is 0 Å². The fraction of sp³-hybridized carbons (Fsp3) is 0.158. The summed E-state index contributed by atoms with van der Waals surface area (Å²) in [4.78, 5) is 16.7. The number of benzene rings is 2. The van der Waals surface area contributed by atoms with E-state index in [4.69, 9.17) is 10.2 Å². The van der Waals surface area contributed by atoms with E-state index in [1.165, 1.54) is 6.26 Å². The zero-order valence-corrected chi connectivity index (χ0v) is 13.2. The van der Waals surface area contributed by atoms with Crippen LogP contribution in [0, 0.1) is 0 Å². The monoisotopic (exact) mass is 321 g/mol. The molecule has 24 heavy (non-hydrogen) atoms. The molecule has 0 fully saturated rings. The SMILES string of the molecule is NCCc1nc(C(=O)NC(c2ccccc2)c2ccccc2)co1. The van der Waals surface area contributed by atoms with Crippen LogP contribution in [0.3, 0.4) is 0 Å². The number of aromatic nitrogens is 1. The Balaban J connectivity index is 1.85. The predicted molar refractivity (Wildman–Crippen MR) is 91.5 cm³/mol. The summed E-state index contributed by atoms with van der Waals surface area (Å²) in [7, 11) is 0. The molecule has 5 heteroatoms. The van der Waals surface area contributed by atoms with Crippen molar-refractivity contribution in [2.45, 2.75) is 12.5 Å². The molecule has 0 atom stereocenters. The van der Waals surface area contributed by atoms with Crippen LogP contribution < -0.4 is 11.1 Å². The van der Waals surface area contributed by atoms with Gasteiger partial charge in [0.15, 0.2) is 11.6 Å². The van der Waals surface area contributed by atoms with Crippen LogP contribution in [0.1, 0.15) is 33.5 Å². The van der Waals surface area contributed by atoms with Crippen LogP contribution >= 0.6 is 0 Å².